The predicted molar refractivity (Wildman–Crippen MR) is 107 cm³/mol. The van der Waals surface area contributed by atoms with Crippen molar-refractivity contribution in [1.82, 2.24) is 14.8 Å². The number of nitrogens with one attached hydrogen (secondary N) is 2. The summed E-state index contributed by atoms with van der Waals surface area (Å²) in [4.78, 5) is 13.6. The quantitative estimate of drug-likeness (QED) is 0.520. The number of carbonyl (C=O) groups excluding carboxylic acids is 1. The molecule has 1 aromatic carbocycles. The zero-order valence-electron chi connectivity index (χ0n) is 15.4. The molecule has 0 aliphatic rings. The van der Waals surface area contributed by atoms with E-state index in [1.54, 1.807) is 24.5 Å². The maximum absolute atomic E-state index is 12.8. The van der Waals surface area contributed by atoms with E-state index in [9.17, 15) is 18.0 Å². The highest BCUT2D eigenvalue weighted by atomic mass is 32.1. The number of aromatic amines is 1. The summed E-state index contributed by atoms with van der Waals surface area (Å²) in [6.07, 6.45) is -4.49. The number of thiophene rings is 1. The van der Waals surface area contributed by atoms with Gasteiger partial charge in [-0.2, -0.15) is 18.3 Å². The van der Waals surface area contributed by atoms with Gasteiger partial charge in [0, 0.05) is 0 Å². The van der Waals surface area contributed by atoms with Gasteiger partial charge < -0.3 is 10.1 Å². The van der Waals surface area contributed by atoms with Crippen LogP contribution in [0, 0.1) is 11.7 Å². The SMILES string of the molecule is Cc1ccc(NC(=O)C(C)n2c(-c3cccs3)n[nH]c2=S)c(OCC(F)(F)F)c1. The van der Waals surface area contributed by atoms with Gasteiger partial charge >= 0.3 is 6.18 Å². The van der Waals surface area contributed by atoms with E-state index in [1.807, 2.05) is 17.5 Å². The highest BCUT2D eigenvalue weighted by Crippen LogP contribution is 2.30. The number of ether oxygens (including phenoxy) is 1. The summed E-state index contributed by atoms with van der Waals surface area (Å²) in [7, 11) is 0. The zero-order chi connectivity index (χ0) is 21.2. The van der Waals surface area contributed by atoms with Gasteiger partial charge in [-0.25, -0.2) is 0 Å². The number of carbonyl (C=O) groups is 1. The molecule has 0 fully saturated rings. The molecule has 3 aromatic rings. The maximum Gasteiger partial charge on any atom is 0.422 e. The van der Waals surface area contributed by atoms with Crippen LogP contribution < -0.4 is 10.1 Å². The van der Waals surface area contributed by atoms with Crippen molar-refractivity contribution in [2.75, 3.05) is 11.9 Å². The number of anilines is 1. The van der Waals surface area contributed by atoms with Crippen LogP contribution in [0.3, 0.4) is 0 Å². The number of aromatic nitrogens is 3. The molecule has 6 nitrogen and oxygen atoms in total. The standard InChI is InChI=1S/C18H17F3N4O2S2/c1-10-5-6-12(13(8-10)27-9-18(19,20)21)22-16(26)11(2)25-15(23-24-17(25)28)14-4-3-7-29-14/h3-8,11H,9H2,1-2H3,(H,22,26)(H,24,28). The van der Waals surface area contributed by atoms with Gasteiger partial charge in [-0.3, -0.25) is 14.5 Å². The van der Waals surface area contributed by atoms with Crippen LogP contribution in [0.15, 0.2) is 35.7 Å². The third-order valence-electron chi connectivity index (χ3n) is 4.00. The minimum Gasteiger partial charge on any atom is -0.482 e. The first-order chi connectivity index (χ1) is 13.7. The Morgan fingerprint density at radius 3 is 2.83 bits per heavy atom. The molecule has 0 aliphatic carbocycles. The van der Waals surface area contributed by atoms with E-state index < -0.39 is 24.7 Å². The Bertz CT molecular complexity index is 1060. The molecule has 0 saturated carbocycles. The van der Waals surface area contributed by atoms with Gasteiger partial charge in [-0.1, -0.05) is 12.1 Å². The number of rotatable bonds is 6. The minimum absolute atomic E-state index is 0.0582. The lowest BCUT2D eigenvalue weighted by Crippen LogP contribution is -2.25. The predicted octanol–water partition coefficient (Wildman–Crippen LogP) is 5.12. The molecule has 1 unspecified atom stereocenters. The number of halogens is 3. The van der Waals surface area contributed by atoms with Crippen LogP contribution in [0.4, 0.5) is 18.9 Å². The van der Waals surface area contributed by atoms with Crippen molar-refractivity contribution in [2.24, 2.45) is 0 Å². The monoisotopic (exact) mass is 442 g/mol. The molecule has 0 bridgehead atoms. The van der Waals surface area contributed by atoms with Gasteiger partial charge in [-0.15, -0.1) is 11.3 Å². The van der Waals surface area contributed by atoms with Crippen LogP contribution in [-0.2, 0) is 4.79 Å². The summed E-state index contributed by atoms with van der Waals surface area (Å²) in [5.74, 6) is -0.0248. The van der Waals surface area contributed by atoms with E-state index in [0.29, 0.717) is 11.4 Å². The van der Waals surface area contributed by atoms with Crippen LogP contribution in [0.2, 0.25) is 0 Å². The number of nitrogens with zero attached hydrogens (tertiary/aromatic N) is 2. The first kappa shape index (κ1) is 21.1. The number of alkyl halides is 3. The normalized spacial score (nSPS) is 12.6. The van der Waals surface area contributed by atoms with E-state index in [2.05, 4.69) is 15.5 Å². The largest absolute Gasteiger partial charge is 0.482 e. The molecule has 1 atom stereocenters. The van der Waals surface area contributed by atoms with Crippen LogP contribution in [-0.4, -0.2) is 33.5 Å². The molecular weight excluding hydrogens is 425 g/mol. The van der Waals surface area contributed by atoms with Crippen molar-refractivity contribution in [3.8, 4) is 16.5 Å². The number of benzene rings is 1. The topological polar surface area (TPSA) is 71.9 Å². The Labute approximate surface area is 173 Å². The number of hydrogen-bond donors (Lipinski definition) is 2. The van der Waals surface area contributed by atoms with E-state index in [1.165, 1.54) is 23.5 Å². The van der Waals surface area contributed by atoms with Crippen LogP contribution in [0.5, 0.6) is 5.75 Å². The van der Waals surface area contributed by atoms with E-state index in [4.69, 9.17) is 17.0 Å². The zero-order valence-corrected chi connectivity index (χ0v) is 17.0. The Hall–Kier alpha value is -2.66. The first-order valence-electron chi connectivity index (χ1n) is 8.47. The fourth-order valence-corrected chi connectivity index (χ4v) is 3.61. The van der Waals surface area contributed by atoms with Crippen molar-refractivity contribution in [2.45, 2.75) is 26.1 Å². The molecule has 29 heavy (non-hydrogen) atoms. The number of amides is 1. The van der Waals surface area contributed by atoms with Gasteiger partial charge in [0.1, 0.15) is 11.8 Å². The minimum atomic E-state index is -4.49. The smallest absolute Gasteiger partial charge is 0.422 e. The molecular formula is C18H17F3N4O2S2. The highest BCUT2D eigenvalue weighted by Gasteiger charge is 2.29. The lowest BCUT2D eigenvalue weighted by Gasteiger charge is -2.18. The Kier molecular flexibility index (Phi) is 6.08. The van der Waals surface area contributed by atoms with E-state index in [0.717, 1.165) is 4.88 Å². The number of H-pyrrole nitrogens is 1. The average Bonchev–Trinajstić information content (AvgIpc) is 3.30. The molecule has 1 amide bonds. The molecule has 2 N–H and O–H groups in total. The third-order valence-corrected chi connectivity index (χ3v) is 5.15. The molecule has 2 heterocycles. The van der Waals surface area contributed by atoms with Gasteiger partial charge in [0.15, 0.2) is 17.2 Å². The highest BCUT2D eigenvalue weighted by molar-refractivity contribution is 7.71. The Balaban J connectivity index is 1.84. The van der Waals surface area contributed by atoms with Crippen molar-refractivity contribution >= 4 is 35.1 Å². The summed E-state index contributed by atoms with van der Waals surface area (Å²) in [5, 5.41) is 11.4. The second-order valence-electron chi connectivity index (χ2n) is 6.27. The fourth-order valence-electron chi connectivity index (χ4n) is 2.61. The molecule has 0 radical (unpaired) electrons. The second-order valence-corrected chi connectivity index (χ2v) is 7.60. The van der Waals surface area contributed by atoms with Gasteiger partial charge in [0.05, 0.1) is 10.6 Å². The van der Waals surface area contributed by atoms with Gasteiger partial charge in [0.2, 0.25) is 5.91 Å². The summed E-state index contributed by atoms with van der Waals surface area (Å²) in [6.45, 7) is 1.89. The molecule has 154 valence electrons. The molecule has 2 aromatic heterocycles. The molecule has 11 heteroatoms. The maximum atomic E-state index is 12.8. The van der Waals surface area contributed by atoms with E-state index >= 15 is 0 Å². The fraction of sp³-hybridized carbons (Fsp3) is 0.278. The van der Waals surface area contributed by atoms with Gasteiger partial charge in [0.25, 0.3) is 0 Å². The Morgan fingerprint density at radius 2 is 2.17 bits per heavy atom. The third kappa shape index (κ3) is 5.04. The van der Waals surface area contributed by atoms with Crippen molar-refractivity contribution in [3.05, 3.63) is 46.0 Å². The average molecular weight is 442 g/mol. The lowest BCUT2D eigenvalue weighted by atomic mass is 10.2. The van der Waals surface area contributed by atoms with Crippen LogP contribution in [0.25, 0.3) is 10.7 Å². The molecule has 3 rings (SSSR count). The summed E-state index contributed by atoms with van der Waals surface area (Å²) < 4.78 is 44.3. The van der Waals surface area contributed by atoms with Crippen molar-refractivity contribution in [3.63, 3.8) is 0 Å². The van der Waals surface area contributed by atoms with E-state index in [-0.39, 0.29) is 16.2 Å². The summed E-state index contributed by atoms with van der Waals surface area (Å²) in [6, 6.07) is 7.53. The molecule has 0 aliphatic heterocycles. The van der Waals surface area contributed by atoms with Crippen LogP contribution >= 0.6 is 23.6 Å². The summed E-state index contributed by atoms with van der Waals surface area (Å²) in [5.41, 5.74) is 0.842. The summed E-state index contributed by atoms with van der Waals surface area (Å²) >= 11 is 6.69. The van der Waals surface area contributed by atoms with Crippen molar-refractivity contribution < 1.29 is 22.7 Å². The Morgan fingerprint density at radius 1 is 1.41 bits per heavy atom. The second kappa shape index (κ2) is 8.37. The first-order valence-corrected chi connectivity index (χ1v) is 9.76. The van der Waals surface area contributed by atoms with Gasteiger partial charge in [-0.05, 0) is 55.2 Å². The molecule has 0 spiro atoms. The molecule has 0 saturated heterocycles. The van der Waals surface area contributed by atoms with Crippen LogP contribution in [0.1, 0.15) is 18.5 Å². The van der Waals surface area contributed by atoms with Crippen molar-refractivity contribution in [1.29, 1.82) is 0 Å². The number of aryl methyl sites for hydroxylation is 1. The number of hydrogen-bond acceptors (Lipinski definition) is 5. The lowest BCUT2D eigenvalue weighted by molar-refractivity contribution is -0.153.